The van der Waals surface area contributed by atoms with E-state index in [9.17, 15) is 5.11 Å². The van der Waals surface area contributed by atoms with Crippen LogP contribution in [0.3, 0.4) is 0 Å². The lowest BCUT2D eigenvalue weighted by Gasteiger charge is -2.48. The van der Waals surface area contributed by atoms with Gasteiger partial charge in [0.15, 0.2) is 0 Å². The van der Waals surface area contributed by atoms with Gasteiger partial charge in [0, 0.05) is 24.4 Å². The van der Waals surface area contributed by atoms with Crippen molar-refractivity contribution < 1.29 is 5.11 Å². The number of nitrogens with one attached hydrogen (secondary N) is 1. The summed E-state index contributed by atoms with van der Waals surface area (Å²) < 4.78 is 0. The summed E-state index contributed by atoms with van der Waals surface area (Å²) in [5.74, 6) is 1.13. The zero-order valence-corrected chi connectivity index (χ0v) is 12.0. The summed E-state index contributed by atoms with van der Waals surface area (Å²) in [6.45, 7) is 6.99. The predicted molar refractivity (Wildman–Crippen MR) is 75.3 cm³/mol. The maximum atomic E-state index is 11.2. The molecule has 0 amide bonds. The topological polar surface area (TPSA) is 58.3 Å². The molecule has 0 aromatic rings. The standard InChI is InChI=1S/C15H30N2O/c1-3-12-6-7-15(9-12,11-16)14(2,18)13-5-4-8-17-10-13/h12-13,17-18H,3-11,16H2,1-2H3. The van der Waals surface area contributed by atoms with Crippen LogP contribution in [-0.4, -0.2) is 30.3 Å². The normalized spacial score (nSPS) is 40.7. The van der Waals surface area contributed by atoms with E-state index in [0.29, 0.717) is 12.5 Å². The Morgan fingerprint density at radius 2 is 2.22 bits per heavy atom. The fourth-order valence-electron chi connectivity index (χ4n) is 4.20. The highest BCUT2D eigenvalue weighted by atomic mass is 16.3. The molecule has 2 fully saturated rings. The van der Waals surface area contributed by atoms with Crippen molar-refractivity contribution in [3.05, 3.63) is 0 Å². The van der Waals surface area contributed by atoms with E-state index in [2.05, 4.69) is 19.2 Å². The monoisotopic (exact) mass is 254 g/mol. The van der Waals surface area contributed by atoms with Crippen LogP contribution in [0.15, 0.2) is 0 Å². The number of aliphatic hydroxyl groups is 1. The Morgan fingerprint density at radius 3 is 2.72 bits per heavy atom. The van der Waals surface area contributed by atoms with Crippen LogP contribution < -0.4 is 11.1 Å². The van der Waals surface area contributed by atoms with Gasteiger partial charge in [-0.05, 0) is 51.5 Å². The summed E-state index contributed by atoms with van der Waals surface area (Å²) in [4.78, 5) is 0. The van der Waals surface area contributed by atoms with Gasteiger partial charge in [0.05, 0.1) is 5.60 Å². The van der Waals surface area contributed by atoms with E-state index in [4.69, 9.17) is 5.73 Å². The number of nitrogens with two attached hydrogens (primary N) is 1. The lowest BCUT2D eigenvalue weighted by molar-refractivity contribution is -0.114. The van der Waals surface area contributed by atoms with Crippen molar-refractivity contribution in [2.24, 2.45) is 23.0 Å². The van der Waals surface area contributed by atoms with Crippen LogP contribution in [0.1, 0.15) is 52.4 Å². The average molecular weight is 254 g/mol. The molecule has 2 rings (SSSR count). The first-order valence-electron chi connectivity index (χ1n) is 7.69. The van der Waals surface area contributed by atoms with Crippen LogP contribution in [0, 0.1) is 17.3 Å². The molecule has 1 aliphatic heterocycles. The average Bonchev–Trinajstić information content (AvgIpc) is 2.85. The molecule has 1 saturated heterocycles. The Morgan fingerprint density at radius 1 is 1.44 bits per heavy atom. The second-order valence-corrected chi connectivity index (χ2v) is 6.69. The lowest BCUT2D eigenvalue weighted by atomic mass is 9.63. The van der Waals surface area contributed by atoms with Crippen LogP contribution in [-0.2, 0) is 0 Å². The molecule has 0 radical (unpaired) electrons. The van der Waals surface area contributed by atoms with Gasteiger partial charge in [-0.3, -0.25) is 0 Å². The lowest BCUT2D eigenvalue weighted by Crippen LogP contribution is -2.57. The van der Waals surface area contributed by atoms with Gasteiger partial charge in [-0.1, -0.05) is 13.3 Å². The number of rotatable bonds is 4. The van der Waals surface area contributed by atoms with Crippen LogP contribution in [0.4, 0.5) is 0 Å². The number of hydrogen-bond donors (Lipinski definition) is 3. The van der Waals surface area contributed by atoms with Crippen molar-refractivity contribution in [3.63, 3.8) is 0 Å². The van der Waals surface area contributed by atoms with Crippen molar-refractivity contribution in [1.82, 2.24) is 5.32 Å². The molecule has 0 bridgehead atoms. The van der Waals surface area contributed by atoms with Crippen LogP contribution in [0.25, 0.3) is 0 Å². The minimum Gasteiger partial charge on any atom is -0.389 e. The molecular weight excluding hydrogens is 224 g/mol. The second-order valence-electron chi connectivity index (χ2n) is 6.69. The van der Waals surface area contributed by atoms with E-state index in [1.807, 2.05) is 0 Å². The minimum atomic E-state index is -0.612. The van der Waals surface area contributed by atoms with Gasteiger partial charge >= 0.3 is 0 Å². The van der Waals surface area contributed by atoms with Gasteiger partial charge in [0.25, 0.3) is 0 Å². The van der Waals surface area contributed by atoms with E-state index in [1.165, 1.54) is 19.3 Å². The number of hydrogen-bond acceptors (Lipinski definition) is 3. The Kier molecular flexibility index (Phi) is 4.35. The molecule has 1 aliphatic carbocycles. The summed E-state index contributed by atoms with van der Waals surface area (Å²) in [6, 6.07) is 0. The third-order valence-electron chi connectivity index (χ3n) is 5.84. The molecule has 4 atom stereocenters. The van der Waals surface area contributed by atoms with Crippen molar-refractivity contribution in [1.29, 1.82) is 0 Å². The third-order valence-corrected chi connectivity index (χ3v) is 5.84. The zero-order chi connectivity index (χ0) is 13.2. The summed E-state index contributed by atoms with van der Waals surface area (Å²) in [6.07, 6.45) is 7.00. The molecule has 3 nitrogen and oxygen atoms in total. The summed E-state index contributed by atoms with van der Waals surface area (Å²) >= 11 is 0. The molecular formula is C15H30N2O. The van der Waals surface area contributed by atoms with Gasteiger partial charge in [-0.15, -0.1) is 0 Å². The van der Waals surface area contributed by atoms with Gasteiger partial charge < -0.3 is 16.2 Å². The van der Waals surface area contributed by atoms with Gasteiger partial charge in [-0.25, -0.2) is 0 Å². The van der Waals surface area contributed by atoms with Gasteiger partial charge in [-0.2, -0.15) is 0 Å². The predicted octanol–water partition coefficient (Wildman–Crippen LogP) is 1.89. The van der Waals surface area contributed by atoms with E-state index in [-0.39, 0.29) is 5.41 Å². The van der Waals surface area contributed by atoms with E-state index >= 15 is 0 Å². The first-order chi connectivity index (χ1) is 8.55. The first-order valence-corrected chi connectivity index (χ1v) is 7.69. The third kappa shape index (κ3) is 2.33. The molecule has 4 N–H and O–H groups in total. The fraction of sp³-hybridized carbons (Fsp3) is 1.00. The van der Waals surface area contributed by atoms with Gasteiger partial charge in [0.1, 0.15) is 0 Å². The quantitative estimate of drug-likeness (QED) is 0.718. The maximum absolute atomic E-state index is 11.2. The highest BCUT2D eigenvalue weighted by molar-refractivity contribution is 5.05. The van der Waals surface area contributed by atoms with Gasteiger partial charge in [0.2, 0.25) is 0 Å². The zero-order valence-electron chi connectivity index (χ0n) is 12.0. The smallest absolute Gasteiger partial charge is 0.0727 e. The second kappa shape index (κ2) is 5.48. The Labute approximate surface area is 112 Å². The Hall–Kier alpha value is -0.120. The van der Waals surface area contributed by atoms with Crippen LogP contribution >= 0.6 is 0 Å². The molecule has 4 unspecified atom stereocenters. The molecule has 1 heterocycles. The Bertz CT molecular complexity index is 274. The van der Waals surface area contributed by atoms with Crippen molar-refractivity contribution in [2.75, 3.05) is 19.6 Å². The number of piperidine rings is 1. The molecule has 0 spiro atoms. The van der Waals surface area contributed by atoms with E-state index in [0.717, 1.165) is 38.3 Å². The summed E-state index contributed by atoms with van der Waals surface area (Å²) in [5.41, 5.74) is 5.44. The molecule has 106 valence electrons. The highest BCUT2D eigenvalue weighted by Gasteiger charge is 2.53. The van der Waals surface area contributed by atoms with Crippen molar-refractivity contribution in [3.8, 4) is 0 Å². The fourth-order valence-corrected chi connectivity index (χ4v) is 4.20. The molecule has 1 saturated carbocycles. The molecule has 0 aromatic carbocycles. The first kappa shape index (κ1) is 14.3. The molecule has 3 heteroatoms. The van der Waals surface area contributed by atoms with E-state index in [1.54, 1.807) is 0 Å². The largest absolute Gasteiger partial charge is 0.389 e. The Balaban J connectivity index is 2.14. The van der Waals surface area contributed by atoms with Crippen LogP contribution in [0.2, 0.25) is 0 Å². The summed E-state index contributed by atoms with van der Waals surface area (Å²) in [7, 11) is 0. The molecule has 18 heavy (non-hydrogen) atoms. The molecule has 2 aliphatic rings. The highest BCUT2D eigenvalue weighted by Crippen LogP contribution is 2.52. The molecule has 0 aromatic heterocycles. The van der Waals surface area contributed by atoms with E-state index < -0.39 is 5.60 Å². The van der Waals surface area contributed by atoms with Crippen molar-refractivity contribution >= 4 is 0 Å². The summed E-state index contributed by atoms with van der Waals surface area (Å²) in [5, 5.41) is 14.6. The van der Waals surface area contributed by atoms with Crippen molar-refractivity contribution in [2.45, 2.75) is 58.0 Å². The maximum Gasteiger partial charge on any atom is 0.0727 e. The van der Waals surface area contributed by atoms with Crippen LogP contribution in [0.5, 0.6) is 0 Å². The SMILES string of the molecule is CCC1CCC(CN)(C(C)(O)C2CCCNC2)C1. The minimum absolute atomic E-state index is 0.0443.